The average molecular weight is 290 g/mol. The Hall–Kier alpha value is -1.79. The van der Waals surface area contributed by atoms with E-state index in [4.69, 9.17) is 16.3 Å². The van der Waals surface area contributed by atoms with E-state index in [1.54, 1.807) is 32.9 Å². The highest BCUT2D eigenvalue weighted by atomic mass is 35.5. The minimum atomic E-state index is -1.10. The summed E-state index contributed by atoms with van der Waals surface area (Å²) in [4.78, 5) is 12.1. The monoisotopic (exact) mass is 289 g/mol. The lowest BCUT2D eigenvalue weighted by Gasteiger charge is -2.20. The predicted molar refractivity (Wildman–Crippen MR) is 77.9 cm³/mol. The summed E-state index contributed by atoms with van der Waals surface area (Å²) >= 11 is 5.82. The number of carbonyl (C=O) groups is 1. The molecule has 0 saturated heterocycles. The highest BCUT2D eigenvalue weighted by Gasteiger charge is 2.58. The summed E-state index contributed by atoms with van der Waals surface area (Å²) in [5, 5.41) is 9.96. The van der Waals surface area contributed by atoms with Crippen LogP contribution in [0.3, 0.4) is 0 Å². The maximum atomic E-state index is 12.1. The van der Waals surface area contributed by atoms with Crippen molar-refractivity contribution < 1.29 is 9.53 Å². The number of nitriles is 1. The molecule has 104 valence electrons. The molecule has 1 saturated carbocycles. The highest BCUT2D eigenvalue weighted by molar-refractivity contribution is 6.30. The molecule has 1 aliphatic carbocycles. The van der Waals surface area contributed by atoms with Crippen LogP contribution in [0, 0.1) is 16.7 Å². The zero-order valence-electron chi connectivity index (χ0n) is 11.7. The molecular weight excluding hydrogens is 274 g/mol. The van der Waals surface area contributed by atoms with Crippen molar-refractivity contribution in [1.82, 2.24) is 0 Å². The van der Waals surface area contributed by atoms with Gasteiger partial charge in [-0.2, -0.15) is 5.26 Å². The second-order valence-electron chi connectivity index (χ2n) is 5.92. The summed E-state index contributed by atoms with van der Waals surface area (Å²) in [7, 11) is 0. The standard InChI is InChI=1S/C16H16ClNO2/c1-15(2,3)20-14(19)16(10-18)9-12(16)8-11-4-6-13(17)7-5-11/h4-8H,9H2,1-3H3/b12-8+/t16-/m1/s1. The van der Waals surface area contributed by atoms with Crippen molar-refractivity contribution >= 4 is 23.6 Å². The first-order chi connectivity index (χ1) is 9.27. The molecule has 0 N–H and O–H groups in total. The van der Waals surface area contributed by atoms with Crippen LogP contribution in [0.2, 0.25) is 5.02 Å². The summed E-state index contributed by atoms with van der Waals surface area (Å²) < 4.78 is 5.32. The normalized spacial score (nSPS) is 23.2. The quantitative estimate of drug-likeness (QED) is 0.774. The number of esters is 1. The molecule has 0 unspecified atom stereocenters. The van der Waals surface area contributed by atoms with E-state index in [1.165, 1.54) is 0 Å². The third kappa shape index (κ3) is 3.02. The number of nitrogens with zero attached hydrogens (tertiary/aromatic N) is 1. The summed E-state index contributed by atoms with van der Waals surface area (Å²) in [6, 6.07) is 9.34. The largest absolute Gasteiger partial charge is 0.459 e. The fraction of sp³-hybridized carbons (Fsp3) is 0.375. The zero-order valence-corrected chi connectivity index (χ0v) is 12.5. The van der Waals surface area contributed by atoms with Gasteiger partial charge in [0.1, 0.15) is 5.60 Å². The molecule has 0 heterocycles. The smallest absolute Gasteiger partial charge is 0.331 e. The van der Waals surface area contributed by atoms with Gasteiger partial charge in [-0.3, -0.25) is 0 Å². The van der Waals surface area contributed by atoms with Gasteiger partial charge in [-0.05, 0) is 44.0 Å². The molecule has 0 aromatic heterocycles. The first-order valence-corrected chi connectivity index (χ1v) is 6.76. The minimum Gasteiger partial charge on any atom is -0.459 e. The van der Waals surface area contributed by atoms with Crippen molar-refractivity contribution in [1.29, 1.82) is 5.26 Å². The number of ether oxygens (including phenoxy) is 1. The van der Waals surface area contributed by atoms with Gasteiger partial charge < -0.3 is 4.74 Å². The maximum absolute atomic E-state index is 12.1. The Bertz CT molecular complexity index is 605. The van der Waals surface area contributed by atoms with Crippen LogP contribution in [0.4, 0.5) is 0 Å². The van der Waals surface area contributed by atoms with Crippen LogP contribution in [0.15, 0.2) is 29.8 Å². The van der Waals surface area contributed by atoms with E-state index in [9.17, 15) is 10.1 Å². The fourth-order valence-corrected chi connectivity index (χ4v) is 2.03. The van der Waals surface area contributed by atoms with Gasteiger partial charge in [0.25, 0.3) is 0 Å². The zero-order chi connectivity index (χ0) is 15.0. The Kier molecular flexibility index (Phi) is 3.62. The molecule has 0 spiro atoms. The van der Waals surface area contributed by atoms with E-state index in [0.717, 1.165) is 11.1 Å². The van der Waals surface area contributed by atoms with Gasteiger partial charge >= 0.3 is 5.97 Å². The summed E-state index contributed by atoms with van der Waals surface area (Å²) in [6.07, 6.45) is 2.28. The van der Waals surface area contributed by atoms with E-state index in [-0.39, 0.29) is 0 Å². The number of hydrogen-bond acceptors (Lipinski definition) is 3. The topological polar surface area (TPSA) is 50.1 Å². The summed E-state index contributed by atoms with van der Waals surface area (Å²) in [5.41, 5.74) is 0.0172. The van der Waals surface area contributed by atoms with Crippen LogP contribution in [-0.4, -0.2) is 11.6 Å². The van der Waals surface area contributed by atoms with Crippen molar-refractivity contribution in [3.05, 3.63) is 40.4 Å². The predicted octanol–water partition coefficient (Wildman–Crippen LogP) is 3.98. The van der Waals surface area contributed by atoms with Crippen molar-refractivity contribution in [3.8, 4) is 6.07 Å². The number of benzene rings is 1. The minimum absolute atomic E-state index is 0.432. The molecule has 4 heteroatoms. The lowest BCUT2D eigenvalue weighted by molar-refractivity contribution is -0.158. The number of hydrogen-bond donors (Lipinski definition) is 0. The van der Waals surface area contributed by atoms with E-state index in [1.807, 2.05) is 18.2 Å². The van der Waals surface area contributed by atoms with Crippen LogP contribution < -0.4 is 0 Å². The van der Waals surface area contributed by atoms with Gasteiger partial charge in [0, 0.05) is 11.4 Å². The van der Waals surface area contributed by atoms with Gasteiger partial charge in [0.2, 0.25) is 0 Å². The van der Waals surface area contributed by atoms with Gasteiger partial charge in [-0.1, -0.05) is 29.8 Å². The molecule has 0 amide bonds. The lowest BCUT2D eigenvalue weighted by Crippen LogP contribution is -2.29. The van der Waals surface area contributed by atoms with Crippen LogP contribution in [-0.2, 0) is 9.53 Å². The maximum Gasteiger partial charge on any atom is 0.331 e. The molecule has 1 atom stereocenters. The van der Waals surface area contributed by atoms with E-state index in [2.05, 4.69) is 6.07 Å². The molecule has 0 radical (unpaired) electrons. The van der Waals surface area contributed by atoms with Crippen LogP contribution in [0.1, 0.15) is 32.8 Å². The molecular formula is C16H16ClNO2. The first kappa shape index (κ1) is 14.6. The summed E-state index contributed by atoms with van der Waals surface area (Å²) in [5.74, 6) is -0.465. The Morgan fingerprint density at radius 3 is 2.50 bits per heavy atom. The van der Waals surface area contributed by atoms with Crippen molar-refractivity contribution in [2.24, 2.45) is 5.41 Å². The average Bonchev–Trinajstić information content (AvgIpc) is 3.05. The third-order valence-electron chi connectivity index (χ3n) is 3.03. The SMILES string of the molecule is CC(C)(C)OC(=O)[C@@]1(C#N)C/C1=C\c1ccc(Cl)cc1. The molecule has 3 nitrogen and oxygen atoms in total. The molecule has 0 aliphatic heterocycles. The van der Waals surface area contributed by atoms with Crippen molar-refractivity contribution in [3.63, 3.8) is 0 Å². The highest BCUT2D eigenvalue weighted by Crippen LogP contribution is 2.53. The van der Waals surface area contributed by atoms with Crippen LogP contribution in [0.25, 0.3) is 6.08 Å². The van der Waals surface area contributed by atoms with Gasteiger partial charge in [0.15, 0.2) is 5.41 Å². The number of rotatable bonds is 2. The number of carbonyl (C=O) groups excluding carboxylic acids is 1. The summed E-state index contributed by atoms with van der Waals surface area (Å²) in [6.45, 7) is 5.38. The van der Waals surface area contributed by atoms with Crippen molar-refractivity contribution in [2.45, 2.75) is 32.8 Å². The molecule has 1 aromatic rings. The van der Waals surface area contributed by atoms with Crippen LogP contribution >= 0.6 is 11.6 Å². The van der Waals surface area contributed by atoms with E-state index >= 15 is 0 Å². The molecule has 1 aliphatic rings. The molecule has 2 rings (SSSR count). The molecule has 20 heavy (non-hydrogen) atoms. The van der Waals surface area contributed by atoms with E-state index < -0.39 is 17.0 Å². The van der Waals surface area contributed by atoms with Gasteiger partial charge in [0.05, 0.1) is 6.07 Å². The Morgan fingerprint density at radius 2 is 2.00 bits per heavy atom. The third-order valence-corrected chi connectivity index (χ3v) is 3.28. The Balaban J connectivity index is 2.19. The second kappa shape index (κ2) is 4.96. The number of halogens is 1. The van der Waals surface area contributed by atoms with E-state index in [0.29, 0.717) is 11.4 Å². The molecule has 1 fully saturated rings. The Morgan fingerprint density at radius 1 is 1.40 bits per heavy atom. The van der Waals surface area contributed by atoms with Gasteiger partial charge in [-0.25, -0.2) is 4.79 Å². The second-order valence-corrected chi connectivity index (χ2v) is 6.35. The van der Waals surface area contributed by atoms with Crippen LogP contribution in [0.5, 0.6) is 0 Å². The molecule has 0 bridgehead atoms. The van der Waals surface area contributed by atoms with Gasteiger partial charge in [-0.15, -0.1) is 0 Å². The Labute approximate surface area is 123 Å². The van der Waals surface area contributed by atoms with Crippen molar-refractivity contribution in [2.75, 3.05) is 0 Å². The molecule has 1 aromatic carbocycles. The first-order valence-electron chi connectivity index (χ1n) is 6.38. The fourth-order valence-electron chi connectivity index (χ4n) is 1.90. The lowest BCUT2D eigenvalue weighted by atomic mass is 10.1.